The topological polar surface area (TPSA) is 79.6 Å². The molecule has 0 aliphatic carbocycles. The number of para-hydroxylation sites is 1. The maximum atomic E-state index is 5.63. The van der Waals surface area contributed by atoms with E-state index in [0.29, 0.717) is 6.54 Å². The fraction of sp³-hybridized carbons (Fsp3) is 0.550. The van der Waals surface area contributed by atoms with E-state index in [2.05, 4.69) is 49.8 Å². The zero-order valence-electron chi connectivity index (χ0n) is 17.5. The molecular weight excluding hydrogens is 481 g/mol. The number of nitrogens with one attached hydrogen (secondary N) is 2. The first kappa shape index (κ1) is 23.4. The van der Waals surface area contributed by atoms with Gasteiger partial charge in [-0.05, 0) is 38.9 Å². The van der Waals surface area contributed by atoms with Crippen LogP contribution in [-0.4, -0.2) is 58.9 Å². The van der Waals surface area contributed by atoms with E-state index in [9.17, 15) is 0 Å². The molecule has 8 nitrogen and oxygen atoms in total. The molecule has 2 aromatic rings. The number of nitrogens with zero attached hydrogens (tertiary/aromatic N) is 5. The summed E-state index contributed by atoms with van der Waals surface area (Å²) in [5, 5.41) is 14.9. The Balaban J connectivity index is 0.00000300. The second-order valence-corrected chi connectivity index (χ2v) is 6.93. The molecule has 0 amide bonds. The zero-order valence-corrected chi connectivity index (χ0v) is 19.8. The molecule has 1 aromatic carbocycles. The zero-order chi connectivity index (χ0) is 19.8. The standard InChI is InChI=1S/C20H31N7O.HI/c1-4-21-20(23-14-19-25-24-15-26(19)2)22-13-17(27-11-7-8-12-27)16-9-5-6-10-18(16)28-3;/h5-6,9-10,15,17H,4,7-8,11-14H2,1-3H3,(H2,21,22,23);1H. The Morgan fingerprint density at radius 2 is 2.00 bits per heavy atom. The number of ether oxygens (including phenoxy) is 1. The van der Waals surface area contributed by atoms with E-state index < -0.39 is 0 Å². The van der Waals surface area contributed by atoms with Crippen LogP contribution in [-0.2, 0) is 13.6 Å². The summed E-state index contributed by atoms with van der Waals surface area (Å²) >= 11 is 0. The van der Waals surface area contributed by atoms with Crippen molar-refractivity contribution >= 4 is 29.9 Å². The van der Waals surface area contributed by atoms with Crippen LogP contribution in [0.1, 0.15) is 37.2 Å². The van der Waals surface area contributed by atoms with E-state index in [1.165, 1.54) is 18.4 Å². The molecule has 0 spiro atoms. The fourth-order valence-electron chi connectivity index (χ4n) is 3.57. The maximum Gasteiger partial charge on any atom is 0.191 e. The smallest absolute Gasteiger partial charge is 0.191 e. The SMILES string of the molecule is CCNC(=NCc1nncn1C)NCC(c1ccccc1OC)N1CCCC1.I. The molecule has 1 aliphatic heterocycles. The van der Waals surface area contributed by atoms with Crippen molar-refractivity contribution in [3.05, 3.63) is 42.0 Å². The summed E-state index contributed by atoms with van der Waals surface area (Å²) in [5.74, 6) is 2.55. The summed E-state index contributed by atoms with van der Waals surface area (Å²) < 4.78 is 7.52. The van der Waals surface area contributed by atoms with Gasteiger partial charge in [-0.15, -0.1) is 34.2 Å². The van der Waals surface area contributed by atoms with Crippen molar-refractivity contribution in [2.45, 2.75) is 32.4 Å². The summed E-state index contributed by atoms with van der Waals surface area (Å²) in [6.07, 6.45) is 4.17. The maximum absolute atomic E-state index is 5.63. The molecule has 1 saturated heterocycles. The molecular formula is C20H32IN7O. The number of hydrogen-bond donors (Lipinski definition) is 2. The van der Waals surface area contributed by atoms with E-state index in [4.69, 9.17) is 4.74 Å². The third kappa shape index (κ3) is 6.30. The van der Waals surface area contributed by atoms with Gasteiger partial charge in [0.25, 0.3) is 0 Å². The van der Waals surface area contributed by atoms with Crippen LogP contribution < -0.4 is 15.4 Å². The third-order valence-electron chi connectivity index (χ3n) is 5.07. The van der Waals surface area contributed by atoms with Gasteiger partial charge in [0.1, 0.15) is 18.6 Å². The van der Waals surface area contributed by atoms with Crippen LogP contribution >= 0.6 is 24.0 Å². The lowest BCUT2D eigenvalue weighted by Gasteiger charge is -2.30. The normalized spacial score (nSPS) is 15.6. The molecule has 3 rings (SSSR count). The number of aliphatic imine (C=N–C) groups is 1. The van der Waals surface area contributed by atoms with E-state index in [0.717, 1.165) is 43.7 Å². The Morgan fingerprint density at radius 3 is 2.66 bits per heavy atom. The number of hydrogen-bond acceptors (Lipinski definition) is 5. The van der Waals surface area contributed by atoms with Crippen molar-refractivity contribution in [3.8, 4) is 5.75 Å². The fourth-order valence-corrected chi connectivity index (χ4v) is 3.57. The molecule has 0 bridgehead atoms. The number of halogens is 1. The van der Waals surface area contributed by atoms with Gasteiger partial charge in [-0.1, -0.05) is 18.2 Å². The molecule has 0 saturated carbocycles. The summed E-state index contributed by atoms with van der Waals surface area (Å²) in [7, 11) is 3.66. The lowest BCUT2D eigenvalue weighted by atomic mass is 10.0. The van der Waals surface area contributed by atoms with Crippen molar-refractivity contribution in [1.82, 2.24) is 30.3 Å². The Hall–Kier alpha value is -1.88. The molecule has 29 heavy (non-hydrogen) atoms. The van der Waals surface area contributed by atoms with Crippen molar-refractivity contribution in [2.75, 3.05) is 33.3 Å². The average molecular weight is 513 g/mol. The molecule has 9 heteroatoms. The van der Waals surface area contributed by atoms with Crippen LogP contribution in [0.25, 0.3) is 0 Å². The number of aryl methyl sites for hydroxylation is 1. The van der Waals surface area contributed by atoms with E-state index in [1.807, 2.05) is 23.7 Å². The predicted octanol–water partition coefficient (Wildman–Crippen LogP) is 2.33. The number of guanidine groups is 1. The van der Waals surface area contributed by atoms with E-state index >= 15 is 0 Å². The Kier molecular flexibility index (Phi) is 9.65. The van der Waals surface area contributed by atoms with Gasteiger partial charge in [-0.3, -0.25) is 4.90 Å². The van der Waals surface area contributed by atoms with Gasteiger partial charge in [-0.2, -0.15) is 0 Å². The van der Waals surface area contributed by atoms with Gasteiger partial charge >= 0.3 is 0 Å². The lowest BCUT2D eigenvalue weighted by molar-refractivity contribution is 0.239. The monoisotopic (exact) mass is 513 g/mol. The number of benzene rings is 1. The summed E-state index contributed by atoms with van der Waals surface area (Å²) in [6.45, 7) is 6.32. The molecule has 160 valence electrons. The molecule has 1 fully saturated rings. The van der Waals surface area contributed by atoms with Gasteiger partial charge in [-0.25, -0.2) is 4.99 Å². The first-order chi connectivity index (χ1) is 13.7. The Morgan fingerprint density at radius 1 is 1.24 bits per heavy atom. The van der Waals surface area contributed by atoms with Gasteiger partial charge in [0, 0.05) is 25.7 Å². The molecule has 2 N–H and O–H groups in total. The van der Waals surface area contributed by atoms with Gasteiger partial charge in [0.05, 0.1) is 13.2 Å². The van der Waals surface area contributed by atoms with Crippen LogP contribution in [0.2, 0.25) is 0 Å². The van der Waals surface area contributed by atoms with Crippen molar-refractivity contribution in [1.29, 1.82) is 0 Å². The highest BCUT2D eigenvalue weighted by Crippen LogP contribution is 2.31. The first-order valence-electron chi connectivity index (χ1n) is 9.95. The highest BCUT2D eigenvalue weighted by molar-refractivity contribution is 14.0. The highest BCUT2D eigenvalue weighted by atomic mass is 127. The van der Waals surface area contributed by atoms with Gasteiger partial charge in [0.15, 0.2) is 11.8 Å². The van der Waals surface area contributed by atoms with Crippen molar-refractivity contribution in [3.63, 3.8) is 0 Å². The highest BCUT2D eigenvalue weighted by Gasteiger charge is 2.26. The van der Waals surface area contributed by atoms with Crippen LogP contribution in [0.15, 0.2) is 35.6 Å². The molecule has 2 heterocycles. The predicted molar refractivity (Wildman–Crippen MR) is 126 cm³/mol. The summed E-state index contributed by atoms with van der Waals surface area (Å²) in [4.78, 5) is 7.20. The molecule has 1 unspecified atom stereocenters. The number of methoxy groups -OCH3 is 1. The van der Waals surface area contributed by atoms with E-state index in [1.54, 1.807) is 13.4 Å². The molecule has 1 atom stereocenters. The minimum atomic E-state index is 0. The second kappa shape index (κ2) is 12.0. The Labute approximate surface area is 190 Å². The first-order valence-corrected chi connectivity index (χ1v) is 9.95. The van der Waals surface area contributed by atoms with Crippen LogP contribution in [0.3, 0.4) is 0 Å². The third-order valence-corrected chi connectivity index (χ3v) is 5.07. The van der Waals surface area contributed by atoms with Gasteiger partial charge < -0.3 is 19.9 Å². The Bertz CT molecular complexity index is 774. The molecule has 1 aromatic heterocycles. The van der Waals surface area contributed by atoms with Crippen LogP contribution in [0, 0.1) is 0 Å². The summed E-state index contributed by atoms with van der Waals surface area (Å²) in [5.41, 5.74) is 1.21. The average Bonchev–Trinajstić information content (AvgIpc) is 3.38. The van der Waals surface area contributed by atoms with Crippen LogP contribution in [0.5, 0.6) is 5.75 Å². The number of rotatable bonds is 8. The quantitative estimate of drug-likeness (QED) is 0.321. The van der Waals surface area contributed by atoms with Gasteiger partial charge in [0.2, 0.25) is 0 Å². The number of aromatic nitrogens is 3. The lowest BCUT2D eigenvalue weighted by Crippen LogP contribution is -2.42. The van der Waals surface area contributed by atoms with Crippen LogP contribution in [0.4, 0.5) is 0 Å². The summed E-state index contributed by atoms with van der Waals surface area (Å²) in [6, 6.07) is 8.52. The minimum absolute atomic E-state index is 0. The van der Waals surface area contributed by atoms with Crippen molar-refractivity contribution in [2.24, 2.45) is 12.0 Å². The minimum Gasteiger partial charge on any atom is -0.496 e. The molecule has 1 aliphatic rings. The van der Waals surface area contributed by atoms with Crippen molar-refractivity contribution < 1.29 is 4.74 Å². The molecule has 0 radical (unpaired) electrons. The largest absolute Gasteiger partial charge is 0.496 e. The van der Waals surface area contributed by atoms with E-state index in [-0.39, 0.29) is 30.0 Å². The number of likely N-dealkylation sites (tertiary alicyclic amines) is 1. The second-order valence-electron chi connectivity index (χ2n) is 6.93.